The van der Waals surface area contributed by atoms with E-state index in [9.17, 15) is 0 Å². The quantitative estimate of drug-likeness (QED) is 0.524. The number of hydrogen-bond acceptors (Lipinski definition) is 8. The predicted molar refractivity (Wildman–Crippen MR) is 95.3 cm³/mol. The normalized spacial score (nSPS) is 12.0. The first-order valence-corrected chi connectivity index (χ1v) is 8.56. The second kappa shape index (κ2) is 6.31. The Bertz CT molecular complexity index is 1110. The van der Waals surface area contributed by atoms with Crippen LogP contribution in [-0.4, -0.2) is 39.7 Å². The van der Waals surface area contributed by atoms with Crippen molar-refractivity contribution in [3.8, 4) is 17.4 Å². The molecule has 0 unspecified atom stereocenters. The van der Waals surface area contributed by atoms with E-state index in [4.69, 9.17) is 20.9 Å². The van der Waals surface area contributed by atoms with E-state index >= 15 is 0 Å². The Kier molecular flexibility index (Phi) is 4.06. The van der Waals surface area contributed by atoms with Gasteiger partial charge in [0, 0.05) is 18.7 Å². The Morgan fingerprint density at radius 3 is 2.63 bits per heavy atom. The summed E-state index contributed by atoms with van der Waals surface area (Å²) in [5.41, 5.74) is 1.67. The molecule has 0 saturated heterocycles. The van der Waals surface area contributed by atoms with Crippen LogP contribution in [0, 0.1) is 0 Å². The van der Waals surface area contributed by atoms with E-state index in [-0.39, 0.29) is 17.2 Å². The van der Waals surface area contributed by atoms with Crippen molar-refractivity contribution in [2.24, 2.45) is 7.05 Å². The summed E-state index contributed by atoms with van der Waals surface area (Å²) >= 11 is 5.82. The third kappa shape index (κ3) is 3.35. The number of rotatable bonds is 4. The Hall–Kier alpha value is -3.01. The Balaban J connectivity index is 1.78. The van der Waals surface area contributed by atoms with Gasteiger partial charge in [-0.3, -0.25) is 4.68 Å². The van der Waals surface area contributed by atoms with Gasteiger partial charge in [0.05, 0.1) is 0 Å². The molecule has 0 fully saturated rings. The fourth-order valence-corrected chi connectivity index (χ4v) is 2.70. The van der Waals surface area contributed by atoms with Gasteiger partial charge in [-0.05, 0) is 23.1 Å². The van der Waals surface area contributed by atoms with Crippen LogP contribution in [-0.2, 0) is 19.1 Å². The van der Waals surface area contributed by atoms with Gasteiger partial charge >= 0.3 is 0 Å². The van der Waals surface area contributed by atoms with E-state index in [1.54, 1.807) is 28.6 Å². The van der Waals surface area contributed by atoms with Gasteiger partial charge in [-0.2, -0.15) is 9.61 Å². The van der Waals surface area contributed by atoms with Gasteiger partial charge in [-0.25, -0.2) is 4.98 Å². The fourth-order valence-electron chi connectivity index (χ4n) is 2.56. The molecule has 0 N–H and O–H groups in total. The highest BCUT2D eigenvalue weighted by Crippen LogP contribution is 2.32. The van der Waals surface area contributed by atoms with Gasteiger partial charge in [0.2, 0.25) is 16.9 Å². The summed E-state index contributed by atoms with van der Waals surface area (Å²) in [6, 6.07) is 3.45. The maximum atomic E-state index is 5.94. The van der Waals surface area contributed by atoms with Crippen LogP contribution in [0.1, 0.15) is 32.2 Å². The molecule has 0 amide bonds. The van der Waals surface area contributed by atoms with E-state index in [0.29, 0.717) is 28.9 Å². The first-order chi connectivity index (χ1) is 12.8. The highest BCUT2D eigenvalue weighted by atomic mass is 35.5. The highest BCUT2D eigenvalue weighted by Gasteiger charge is 2.24. The predicted octanol–water partition coefficient (Wildman–Crippen LogP) is 2.44. The van der Waals surface area contributed by atoms with Gasteiger partial charge < -0.3 is 9.26 Å². The molecule has 0 aliphatic carbocycles. The molecular weight excluding hydrogens is 372 g/mol. The van der Waals surface area contributed by atoms with Gasteiger partial charge in [-0.15, -0.1) is 15.3 Å². The molecule has 4 rings (SSSR count). The Morgan fingerprint density at radius 1 is 1.19 bits per heavy atom. The number of nitrogens with zero attached hydrogens (tertiary/aromatic N) is 8. The van der Waals surface area contributed by atoms with Gasteiger partial charge in [-0.1, -0.05) is 25.9 Å². The topological polar surface area (TPSA) is 109 Å². The molecule has 140 valence electrons. The van der Waals surface area contributed by atoms with Crippen molar-refractivity contribution in [1.82, 2.24) is 39.7 Å². The minimum absolute atomic E-state index is 0.158. The van der Waals surface area contributed by atoms with Crippen molar-refractivity contribution in [2.75, 3.05) is 0 Å². The summed E-state index contributed by atoms with van der Waals surface area (Å²) in [7, 11) is 1.80. The summed E-state index contributed by atoms with van der Waals surface area (Å²) in [5, 5.41) is 21.2. The molecule has 0 aliphatic heterocycles. The molecule has 0 radical (unpaired) electrons. The molecule has 0 bridgehead atoms. The van der Waals surface area contributed by atoms with E-state index in [1.807, 2.05) is 6.07 Å². The molecule has 11 heteroatoms. The minimum atomic E-state index is -0.217. The molecule has 27 heavy (non-hydrogen) atoms. The first-order valence-electron chi connectivity index (χ1n) is 8.18. The molecule has 0 saturated carbocycles. The van der Waals surface area contributed by atoms with Crippen LogP contribution in [0.25, 0.3) is 17.2 Å². The number of ether oxygens (including phenoxy) is 1. The number of aryl methyl sites for hydroxylation is 1. The molecule has 4 aromatic heterocycles. The lowest BCUT2D eigenvalue weighted by atomic mass is 9.88. The van der Waals surface area contributed by atoms with Crippen LogP contribution >= 0.6 is 11.6 Å². The van der Waals surface area contributed by atoms with E-state index in [1.165, 1.54) is 0 Å². The zero-order chi connectivity index (χ0) is 19.2. The second-order valence-corrected chi connectivity index (χ2v) is 7.42. The molecule has 4 aromatic rings. The monoisotopic (exact) mass is 388 g/mol. The van der Waals surface area contributed by atoms with Crippen LogP contribution < -0.4 is 4.74 Å². The molecule has 10 nitrogen and oxygen atoms in total. The SMILES string of the molecule is Cn1cnc(COc2nn3c(-c4cc(Cl)on4)nnc3cc2C(C)(C)C)n1. The number of halogens is 1. The summed E-state index contributed by atoms with van der Waals surface area (Å²) in [5.74, 6) is 1.41. The second-order valence-electron chi connectivity index (χ2n) is 7.05. The van der Waals surface area contributed by atoms with E-state index < -0.39 is 0 Å². The molecule has 0 spiro atoms. The maximum Gasteiger partial charge on any atom is 0.236 e. The van der Waals surface area contributed by atoms with Crippen LogP contribution in [0.5, 0.6) is 5.88 Å². The lowest BCUT2D eigenvalue weighted by Crippen LogP contribution is -2.16. The van der Waals surface area contributed by atoms with Crippen molar-refractivity contribution in [2.45, 2.75) is 32.8 Å². The van der Waals surface area contributed by atoms with Gasteiger partial charge in [0.15, 0.2) is 23.8 Å². The molecular formula is C16H17ClN8O2. The van der Waals surface area contributed by atoms with Gasteiger partial charge in [0.1, 0.15) is 6.33 Å². The molecule has 0 aromatic carbocycles. The largest absolute Gasteiger partial charge is 0.468 e. The number of fused-ring (bicyclic) bond motifs is 1. The summed E-state index contributed by atoms with van der Waals surface area (Å²) in [6.07, 6.45) is 1.62. The molecule has 0 aliphatic rings. The van der Waals surface area contributed by atoms with Crippen LogP contribution in [0.15, 0.2) is 23.0 Å². The zero-order valence-corrected chi connectivity index (χ0v) is 16.0. The van der Waals surface area contributed by atoms with Crippen LogP contribution in [0.3, 0.4) is 0 Å². The number of hydrogen-bond donors (Lipinski definition) is 0. The average molecular weight is 389 g/mol. The molecule has 4 heterocycles. The first kappa shape index (κ1) is 17.4. The summed E-state index contributed by atoms with van der Waals surface area (Å²) in [6.45, 7) is 6.40. The van der Waals surface area contributed by atoms with Crippen molar-refractivity contribution < 1.29 is 9.26 Å². The Morgan fingerprint density at radius 2 is 2.00 bits per heavy atom. The third-order valence-electron chi connectivity index (χ3n) is 3.86. The van der Waals surface area contributed by atoms with Crippen molar-refractivity contribution in [1.29, 1.82) is 0 Å². The van der Waals surface area contributed by atoms with Crippen LogP contribution in [0.4, 0.5) is 0 Å². The standard InChI is InChI=1S/C16H17ClN8O2/c1-16(2,3)9-5-13-19-20-14(10-6-11(17)27-23-10)25(13)22-15(9)26-7-12-18-8-24(4)21-12/h5-6,8H,7H2,1-4H3. The lowest BCUT2D eigenvalue weighted by molar-refractivity contribution is 0.271. The van der Waals surface area contributed by atoms with Crippen molar-refractivity contribution in [3.63, 3.8) is 0 Å². The maximum absolute atomic E-state index is 5.94. The minimum Gasteiger partial charge on any atom is -0.468 e. The highest BCUT2D eigenvalue weighted by molar-refractivity contribution is 6.29. The fraction of sp³-hybridized carbons (Fsp3) is 0.375. The van der Waals surface area contributed by atoms with Crippen LogP contribution in [0.2, 0.25) is 5.22 Å². The zero-order valence-electron chi connectivity index (χ0n) is 15.2. The summed E-state index contributed by atoms with van der Waals surface area (Å²) < 4.78 is 14.0. The van der Waals surface area contributed by atoms with E-state index in [0.717, 1.165) is 5.56 Å². The van der Waals surface area contributed by atoms with Crippen molar-refractivity contribution >= 4 is 17.2 Å². The summed E-state index contributed by atoms with van der Waals surface area (Å²) in [4.78, 5) is 4.17. The average Bonchev–Trinajstić information content (AvgIpc) is 3.30. The van der Waals surface area contributed by atoms with Gasteiger partial charge in [0.25, 0.3) is 0 Å². The Labute approximate surface area is 159 Å². The smallest absolute Gasteiger partial charge is 0.236 e. The lowest BCUT2D eigenvalue weighted by Gasteiger charge is -2.21. The van der Waals surface area contributed by atoms with E-state index in [2.05, 4.69) is 51.3 Å². The molecule has 0 atom stereocenters. The van der Waals surface area contributed by atoms with Crippen molar-refractivity contribution in [3.05, 3.63) is 35.1 Å². The third-order valence-corrected chi connectivity index (χ3v) is 4.04. The number of aromatic nitrogens is 8.